The zero-order chi connectivity index (χ0) is 19.0. The predicted molar refractivity (Wildman–Crippen MR) is 94.5 cm³/mol. The predicted octanol–water partition coefficient (Wildman–Crippen LogP) is -0.349. The normalized spacial score (nSPS) is 14.0. The largest absolute Gasteiger partial charge is 0.394 e. The first-order valence-electron chi connectivity index (χ1n) is 7.89. The van der Waals surface area contributed by atoms with E-state index < -0.39 is 30.1 Å². The number of aryl methyl sites for hydroxylation is 2. The van der Waals surface area contributed by atoms with Crippen molar-refractivity contribution in [2.75, 3.05) is 6.61 Å². The molecule has 0 aromatic heterocycles. The summed E-state index contributed by atoms with van der Waals surface area (Å²) in [4.78, 5) is 34.0. The van der Waals surface area contributed by atoms with Gasteiger partial charge in [0, 0.05) is 11.6 Å². The molecule has 0 spiro atoms. The second-order valence-electron chi connectivity index (χ2n) is 6.00. The first-order chi connectivity index (χ1) is 12.3. The molecule has 0 fully saturated rings. The lowest BCUT2D eigenvalue weighted by Gasteiger charge is -2.20. The van der Waals surface area contributed by atoms with Gasteiger partial charge in [0.1, 0.15) is 6.10 Å². The van der Waals surface area contributed by atoms with E-state index in [0.29, 0.717) is 16.1 Å². The topological polar surface area (TPSA) is 141 Å². The van der Waals surface area contributed by atoms with Crippen molar-refractivity contribution < 1.29 is 15.3 Å². The van der Waals surface area contributed by atoms with Crippen molar-refractivity contribution in [3.63, 3.8) is 0 Å². The van der Waals surface area contributed by atoms with Crippen molar-refractivity contribution in [1.82, 2.24) is 19.5 Å². The zero-order valence-corrected chi connectivity index (χ0v) is 14.6. The molecule has 1 aromatic carbocycles. The smallest absolute Gasteiger partial charge is 0.349 e. The second-order valence-corrected chi connectivity index (χ2v) is 6.41. The van der Waals surface area contributed by atoms with Gasteiger partial charge in [0.05, 0.1) is 23.7 Å². The lowest BCUT2D eigenvalue weighted by atomic mass is 10.1. The summed E-state index contributed by atoms with van der Waals surface area (Å²) >= 11 is 6.20. The van der Waals surface area contributed by atoms with Crippen molar-refractivity contribution in [2.45, 2.75) is 32.1 Å². The number of hydrogen-bond donors (Lipinski definition) is 4. The van der Waals surface area contributed by atoms with E-state index in [1.54, 1.807) is 23.6 Å². The van der Waals surface area contributed by atoms with E-state index in [1.165, 1.54) is 0 Å². The average Bonchev–Trinajstić information content (AvgIpc) is 2.59. The van der Waals surface area contributed by atoms with Crippen LogP contribution < -0.4 is 11.2 Å². The highest BCUT2D eigenvalue weighted by Crippen LogP contribution is 2.26. The third kappa shape index (κ3) is 3.34. The van der Waals surface area contributed by atoms with E-state index >= 15 is 0 Å². The Labute approximate surface area is 151 Å². The Balaban J connectivity index is 2.23. The summed E-state index contributed by atoms with van der Waals surface area (Å²) in [5.41, 5.74) is 0.263. The number of hydrogen-bond acceptors (Lipinski definition) is 7. The molecule has 10 heteroatoms. The highest BCUT2D eigenvalue weighted by atomic mass is 35.5. The molecule has 9 nitrogen and oxygen atoms in total. The molecule has 138 valence electrons. The maximum absolute atomic E-state index is 12.1. The van der Waals surface area contributed by atoms with Gasteiger partial charge in [0.2, 0.25) is 0 Å². The van der Waals surface area contributed by atoms with Crippen LogP contribution in [-0.2, 0) is 6.54 Å². The lowest BCUT2D eigenvalue weighted by molar-refractivity contribution is -0.0191. The number of nitrogens with zero attached hydrogens (tertiary/aromatic N) is 3. The Morgan fingerprint density at radius 3 is 2.65 bits per heavy atom. The second kappa shape index (κ2) is 7.12. The Hall–Kier alpha value is -2.33. The Kier molecular flexibility index (Phi) is 5.05. The molecule has 2 heterocycles. The first kappa shape index (κ1) is 18.5. The fraction of sp³-hybridized carbons (Fsp3) is 0.375. The van der Waals surface area contributed by atoms with Crippen LogP contribution in [0, 0.1) is 6.92 Å². The van der Waals surface area contributed by atoms with Gasteiger partial charge in [-0.05, 0) is 31.0 Å². The van der Waals surface area contributed by atoms with E-state index in [0.717, 1.165) is 5.56 Å². The summed E-state index contributed by atoms with van der Waals surface area (Å²) in [6, 6.07) is 3.35. The lowest BCUT2D eigenvalue weighted by Crippen LogP contribution is -2.32. The number of aliphatic hydroxyl groups excluding tert-OH is 3. The summed E-state index contributed by atoms with van der Waals surface area (Å²) in [5, 5.41) is 28.9. The molecule has 0 radical (unpaired) electrons. The van der Waals surface area contributed by atoms with Crippen LogP contribution in [0.3, 0.4) is 0 Å². The molecule has 4 N–H and O–H groups in total. The van der Waals surface area contributed by atoms with Crippen LogP contribution in [0.5, 0.6) is 0 Å². The molecule has 0 bridgehead atoms. The number of halogens is 1. The van der Waals surface area contributed by atoms with Gasteiger partial charge >= 0.3 is 5.69 Å². The van der Waals surface area contributed by atoms with Crippen LogP contribution in [0.4, 0.5) is 0 Å². The fourth-order valence-electron chi connectivity index (χ4n) is 2.72. The van der Waals surface area contributed by atoms with Crippen molar-refractivity contribution >= 4 is 22.6 Å². The van der Waals surface area contributed by atoms with Crippen molar-refractivity contribution in [3.8, 4) is 11.5 Å². The Bertz CT molecular complexity index is 1050. The van der Waals surface area contributed by atoms with Gasteiger partial charge in [-0.25, -0.2) is 9.78 Å². The monoisotopic (exact) mass is 380 g/mol. The van der Waals surface area contributed by atoms with Crippen LogP contribution in [-0.4, -0.2) is 53.7 Å². The maximum Gasteiger partial charge on any atom is 0.349 e. The van der Waals surface area contributed by atoms with E-state index in [4.69, 9.17) is 16.7 Å². The van der Waals surface area contributed by atoms with Gasteiger partial charge in [-0.1, -0.05) is 11.6 Å². The number of nitrogens with one attached hydrogen (secondary N) is 1. The van der Waals surface area contributed by atoms with Crippen LogP contribution in [0.25, 0.3) is 22.6 Å². The van der Waals surface area contributed by atoms with E-state index in [1.807, 2.05) is 0 Å². The van der Waals surface area contributed by atoms with Gasteiger partial charge in [-0.3, -0.25) is 9.78 Å². The Morgan fingerprint density at radius 2 is 1.96 bits per heavy atom. The van der Waals surface area contributed by atoms with Crippen molar-refractivity contribution in [2.24, 2.45) is 0 Å². The molecule has 26 heavy (non-hydrogen) atoms. The fourth-order valence-corrected chi connectivity index (χ4v) is 2.88. The number of aromatic nitrogens is 4. The molecule has 1 aromatic rings. The minimum Gasteiger partial charge on any atom is -0.394 e. The van der Waals surface area contributed by atoms with Gasteiger partial charge in [0.25, 0.3) is 5.56 Å². The highest BCUT2D eigenvalue weighted by molar-refractivity contribution is 6.32. The molecule has 0 aliphatic carbocycles. The molecule has 0 amide bonds. The number of H-pyrrole nitrogens is 1. The molecule has 2 aliphatic heterocycles. The molecule has 0 saturated heterocycles. The molecule has 3 rings (SSSR count). The van der Waals surface area contributed by atoms with Crippen LogP contribution in [0.15, 0.2) is 21.7 Å². The first-order valence-corrected chi connectivity index (χ1v) is 8.27. The van der Waals surface area contributed by atoms with Crippen LogP contribution in [0.2, 0.25) is 5.02 Å². The number of aliphatic hydroxyl groups is 3. The Morgan fingerprint density at radius 1 is 1.23 bits per heavy atom. The van der Waals surface area contributed by atoms with Crippen molar-refractivity contribution in [3.05, 3.63) is 43.6 Å². The quantitative estimate of drug-likeness (QED) is 0.443. The van der Waals surface area contributed by atoms with Gasteiger partial charge in [0.15, 0.2) is 11.5 Å². The highest BCUT2D eigenvalue weighted by Gasteiger charge is 2.21. The average molecular weight is 381 g/mol. The summed E-state index contributed by atoms with van der Waals surface area (Å²) in [6.45, 7) is 1.32. The molecule has 2 unspecified atom stereocenters. The molecule has 2 atom stereocenters. The standard InChI is InChI=1S/C16H17ClN4O5/c1-7-4-9-10(5-8(7)17)21(3-2-11(23)12(24)6-22)14-13(18-9)15(25)20-16(26)19-14/h4-5,11-12,22-24H,2-3,6H2,1H3,(H,20,25,26). The molecular weight excluding hydrogens is 364 g/mol. The van der Waals surface area contributed by atoms with Crippen molar-refractivity contribution in [1.29, 1.82) is 0 Å². The molecule has 2 aliphatic rings. The minimum atomic E-state index is -1.30. The molecular formula is C16H17ClN4O5. The van der Waals surface area contributed by atoms with Gasteiger partial charge in [-0.15, -0.1) is 0 Å². The number of benzene rings is 1. The number of aromatic amines is 1. The zero-order valence-electron chi connectivity index (χ0n) is 13.8. The summed E-state index contributed by atoms with van der Waals surface area (Å²) in [6.07, 6.45) is -2.44. The van der Waals surface area contributed by atoms with Crippen LogP contribution >= 0.6 is 11.6 Å². The van der Waals surface area contributed by atoms with Gasteiger partial charge < -0.3 is 19.9 Å². The third-order valence-corrected chi connectivity index (χ3v) is 4.58. The SMILES string of the molecule is Cc1cc2nc3c(=O)[nH]c(=O)nc-3n(CCC(O)C(O)CO)c2cc1Cl. The summed E-state index contributed by atoms with van der Waals surface area (Å²) in [7, 11) is 0. The number of rotatable bonds is 5. The van der Waals surface area contributed by atoms with E-state index in [-0.39, 0.29) is 24.5 Å². The van der Waals surface area contributed by atoms with Gasteiger partial charge in [-0.2, -0.15) is 4.98 Å². The van der Waals surface area contributed by atoms with E-state index in [9.17, 15) is 19.8 Å². The summed E-state index contributed by atoms with van der Waals surface area (Å²) < 4.78 is 1.55. The summed E-state index contributed by atoms with van der Waals surface area (Å²) in [5.74, 6) is 0.0526. The minimum absolute atomic E-state index is 0.0176. The van der Waals surface area contributed by atoms with Crippen LogP contribution in [0.1, 0.15) is 12.0 Å². The molecule has 0 saturated carbocycles. The number of fused-ring (bicyclic) bond motifs is 2. The van der Waals surface area contributed by atoms with E-state index in [2.05, 4.69) is 15.0 Å². The third-order valence-electron chi connectivity index (χ3n) is 4.17. The maximum atomic E-state index is 12.1.